The minimum atomic E-state index is -0.200. The van der Waals surface area contributed by atoms with Crippen molar-refractivity contribution in [3.8, 4) is 0 Å². The van der Waals surface area contributed by atoms with E-state index < -0.39 is 0 Å². The third-order valence-electron chi connectivity index (χ3n) is 4.26. The Morgan fingerprint density at radius 3 is 2.86 bits per heavy atom. The first-order chi connectivity index (χ1) is 10.2. The highest BCUT2D eigenvalue weighted by atomic mass is 16.5. The second-order valence-corrected chi connectivity index (χ2v) is 6.08. The van der Waals surface area contributed by atoms with E-state index in [9.17, 15) is 4.79 Å². The highest BCUT2D eigenvalue weighted by molar-refractivity contribution is 5.91. The predicted octanol–water partition coefficient (Wildman–Crippen LogP) is 2.17. The lowest BCUT2D eigenvalue weighted by molar-refractivity contribution is 0.0891. The zero-order valence-electron chi connectivity index (χ0n) is 12.0. The van der Waals surface area contributed by atoms with Gasteiger partial charge in [-0.2, -0.15) is 0 Å². The van der Waals surface area contributed by atoms with Crippen LogP contribution in [0.4, 0.5) is 0 Å². The van der Waals surface area contributed by atoms with E-state index in [0.29, 0.717) is 17.6 Å². The Bertz CT molecular complexity index is 667. The zero-order chi connectivity index (χ0) is 14.4. The number of aryl methyl sites for hydroxylation is 1. The standard InChI is InChI=1S/C15H18N4O2/c1-19-7-6-16-14(19)13(10-4-5-10)17-15(20)12-8-11(18-21-12)9-2-3-9/h6-10,13H,2-5H2,1H3,(H,17,20)/t13-/m0/s1. The topological polar surface area (TPSA) is 73.0 Å². The second-order valence-electron chi connectivity index (χ2n) is 6.08. The molecule has 6 nitrogen and oxygen atoms in total. The Labute approximate surface area is 122 Å². The lowest BCUT2D eigenvalue weighted by atomic mass is 10.1. The summed E-state index contributed by atoms with van der Waals surface area (Å²) in [6.45, 7) is 0. The number of rotatable bonds is 5. The lowest BCUT2D eigenvalue weighted by Crippen LogP contribution is -2.31. The summed E-state index contributed by atoms with van der Waals surface area (Å²) in [6.07, 6.45) is 8.20. The summed E-state index contributed by atoms with van der Waals surface area (Å²) < 4.78 is 7.14. The van der Waals surface area contributed by atoms with Crippen molar-refractivity contribution in [2.45, 2.75) is 37.6 Å². The normalized spacial score (nSPS) is 19.5. The molecule has 1 atom stereocenters. The Hall–Kier alpha value is -2.11. The van der Waals surface area contributed by atoms with Crippen LogP contribution in [0.25, 0.3) is 0 Å². The van der Waals surface area contributed by atoms with Gasteiger partial charge in [-0.25, -0.2) is 4.98 Å². The van der Waals surface area contributed by atoms with Crippen LogP contribution in [-0.2, 0) is 7.05 Å². The summed E-state index contributed by atoms with van der Waals surface area (Å²) in [5.74, 6) is 1.96. The van der Waals surface area contributed by atoms with Gasteiger partial charge >= 0.3 is 0 Å². The minimum absolute atomic E-state index is 0.0491. The largest absolute Gasteiger partial charge is 0.351 e. The van der Waals surface area contributed by atoms with Crippen molar-refractivity contribution in [2.75, 3.05) is 0 Å². The van der Waals surface area contributed by atoms with Crippen LogP contribution >= 0.6 is 0 Å². The molecule has 0 bridgehead atoms. The number of carbonyl (C=O) groups is 1. The second kappa shape index (κ2) is 4.72. The molecule has 0 unspecified atom stereocenters. The quantitative estimate of drug-likeness (QED) is 0.914. The van der Waals surface area contributed by atoms with Gasteiger partial charge in [0.05, 0.1) is 11.7 Å². The molecule has 2 aliphatic carbocycles. The summed E-state index contributed by atoms with van der Waals surface area (Å²) in [7, 11) is 1.95. The van der Waals surface area contributed by atoms with Crippen LogP contribution in [0.5, 0.6) is 0 Å². The fourth-order valence-corrected chi connectivity index (χ4v) is 2.68. The SMILES string of the molecule is Cn1ccnc1[C@@H](NC(=O)c1cc(C2CC2)no1)C1CC1. The molecular weight excluding hydrogens is 268 g/mol. The van der Waals surface area contributed by atoms with Crippen molar-refractivity contribution >= 4 is 5.91 Å². The molecule has 4 rings (SSSR count). The minimum Gasteiger partial charge on any atom is -0.351 e. The van der Waals surface area contributed by atoms with Crippen molar-refractivity contribution in [1.29, 1.82) is 0 Å². The van der Waals surface area contributed by atoms with Crippen molar-refractivity contribution in [2.24, 2.45) is 13.0 Å². The van der Waals surface area contributed by atoms with E-state index in [2.05, 4.69) is 15.5 Å². The van der Waals surface area contributed by atoms with Gasteiger partial charge in [-0.1, -0.05) is 5.16 Å². The smallest absolute Gasteiger partial charge is 0.290 e. The molecule has 2 aromatic rings. The van der Waals surface area contributed by atoms with Crippen LogP contribution in [0.3, 0.4) is 0 Å². The van der Waals surface area contributed by atoms with Gasteiger partial charge in [-0.15, -0.1) is 0 Å². The van der Waals surface area contributed by atoms with E-state index in [-0.39, 0.29) is 11.9 Å². The first kappa shape index (κ1) is 12.6. The van der Waals surface area contributed by atoms with Gasteiger partial charge < -0.3 is 14.4 Å². The Kier molecular flexibility index (Phi) is 2.83. The van der Waals surface area contributed by atoms with Gasteiger partial charge in [0.1, 0.15) is 5.82 Å². The molecule has 6 heteroatoms. The number of hydrogen-bond acceptors (Lipinski definition) is 4. The van der Waals surface area contributed by atoms with Gasteiger partial charge in [-0.3, -0.25) is 4.79 Å². The number of nitrogens with zero attached hydrogens (tertiary/aromatic N) is 3. The van der Waals surface area contributed by atoms with Gasteiger partial charge in [0.25, 0.3) is 5.91 Å². The third-order valence-corrected chi connectivity index (χ3v) is 4.26. The summed E-state index contributed by atoms with van der Waals surface area (Å²) in [6, 6.07) is 1.72. The lowest BCUT2D eigenvalue weighted by Gasteiger charge is -2.17. The summed E-state index contributed by atoms with van der Waals surface area (Å²) >= 11 is 0. The van der Waals surface area contributed by atoms with E-state index in [4.69, 9.17) is 4.52 Å². The van der Waals surface area contributed by atoms with E-state index in [1.807, 2.05) is 17.8 Å². The number of imidazole rings is 1. The first-order valence-electron chi connectivity index (χ1n) is 7.47. The van der Waals surface area contributed by atoms with Gasteiger partial charge in [-0.05, 0) is 31.6 Å². The van der Waals surface area contributed by atoms with Crippen LogP contribution < -0.4 is 5.32 Å². The predicted molar refractivity (Wildman–Crippen MR) is 74.6 cm³/mol. The molecule has 1 N–H and O–H groups in total. The Morgan fingerprint density at radius 1 is 1.43 bits per heavy atom. The number of amides is 1. The van der Waals surface area contributed by atoms with Gasteiger partial charge in [0, 0.05) is 31.4 Å². The van der Waals surface area contributed by atoms with Crippen molar-refractivity contribution in [1.82, 2.24) is 20.0 Å². The molecule has 0 aliphatic heterocycles. The average Bonchev–Trinajstić information content (AvgIpc) is 3.40. The highest BCUT2D eigenvalue weighted by Gasteiger charge is 2.36. The fourth-order valence-electron chi connectivity index (χ4n) is 2.68. The monoisotopic (exact) mass is 286 g/mol. The molecule has 2 heterocycles. The molecule has 2 saturated carbocycles. The molecule has 1 amide bonds. The molecule has 2 aliphatic rings. The van der Waals surface area contributed by atoms with Crippen LogP contribution in [0, 0.1) is 5.92 Å². The summed E-state index contributed by atoms with van der Waals surface area (Å²) in [5, 5.41) is 7.05. The maximum absolute atomic E-state index is 12.4. The maximum Gasteiger partial charge on any atom is 0.290 e. The van der Waals surface area contributed by atoms with Crippen molar-refractivity contribution in [3.63, 3.8) is 0 Å². The van der Waals surface area contributed by atoms with E-state index in [1.54, 1.807) is 12.3 Å². The van der Waals surface area contributed by atoms with E-state index >= 15 is 0 Å². The van der Waals surface area contributed by atoms with Crippen LogP contribution in [-0.4, -0.2) is 20.6 Å². The molecule has 2 fully saturated rings. The number of hydrogen-bond donors (Lipinski definition) is 1. The summed E-state index contributed by atoms with van der Waals surface area (Å²) in [5.41, 5.74) is 0.903. The van der Waals surface area contributed by atoms with E-state index in [1.165, 1.54) is 0 Å². The molecule has 0 radical (unpaired) electrons. The van der Waals surface area contributed by atoms with E-state index in [0.717, 1.165) is 37.2 Å². The summed E-state index contributed by atoms with van der Waals surface area (Å²) in [4.78, 5) is 16.7. The van der Waals surface area contributed by atoms with Gasteiger partial charge in [0.15, 0.2) is 0 Å². The number of nitrogens with one attached hydrogen (secondary N) is 1. The Balaban J connectivity index is 1.52. The highest BCUT2D eigenvalue weighted by Crippen LogP contribution is 2.41. The number of carbonyl (C=O) groups excluding carboxylic acids is 1. The average molecular weight is 286 g/mol. The number of aromatic nitrogens is 3. The zero-order valence-corrected chi connectivity index (χ0v) is 12.0. The molecule has 21 heavy (non-hydrogen) atoms. The van der Waals surface area contributed by atoms with Crippen molar-refractivity contribution in [3.05, 3.63) is 35.7 Å². The van der Waals surface area contributed by atoms with Crippen LogP contribution in [0.1, 0.15) is 59.7 Å². The van der Waals surface area contributed by atoms with Crippen LogP contribution in [0.15, 0.2) is 23.0 Å². The third kappa shape index (κ3) is 2.46. The Morgan fingerprint density at radius 2 is 2.24 bits per heavy atom. The molecule has 2 aromatic heterocycles. The first-order valence-corrected chi connectivity index (χ1v) is 7.47. The fraction of sp³-hybridized carbons (Fsp3) is 0.533. The van der Waals surface area contributed by atoms with Crippen molar-refractivity contribution < 1.29 is 9.32 Å². The molecule has 0 aromatic carbocycles. The molecule has 0 saturated heterocycles. The molecular formula is C15H18N4O2. The molecule has 110 valence electrons. The maximum atomic E-state index is 12.4. The van der Waals surface area contributed by atoms with Gasteiger partial charge in [0.2, 0.25) is 5.76 Å². The van der Waals surface area contributed by atoms with Crippen LogP contribution in [0.2, 0.25) is 0 Å². The molecule has 0 spiro atoms.